The summed E-state index contributed by atoms with van der Waals surface area (Å²) in [5.41, 5.74) is 10.9. The van der Waals surface area contributed by atoms with Crippen molar-refractivity contribution in [2.45, 2.75) is 81.2 Å². The summed E-state index contributed by atoms with van der Waals surface area (Å²) in [5.74, 6) is 0.691. The zero-order valence-corrected chi connectivity index (χ0v) is 17.7. The fraction of sp³-hybridized carbons (Fsp3) is 0.737. The van der Waals surface area contributed by atoms with Crippen LogP contribution in [-0.4, -0.2) is 54.7 Å². The number of carboxylic acid groups (broad SMARTS) is 1. The van der Waals surface area contributed by atoms with Crippen molar-refractivity contribution in [2.24, 2.45) is 22.4 Å². The average molecular weight is 442 g/mol. The van der Waals surface area contributed by atoms with Gasteiger partial charge in [-0.15, -0.1) is 6.42 Å². The summed E-state index contributed by atoms with van der Waals surface area (Å²) in [6, 6.07) is -1.43. The van der Waals surface area contributed by atoms with Crippen molar-refractivity contribution >= 4 is 27.9 Å². The van der Waals surface area contributed by atoms with Crippen LogP contribution in [0.3, 0.4) is 0 Å². The molecule has 10 nitrogen and oxygen atoms in total. The molecule has 2 fully saturated rings. The van der Waals surface area contributed by atoms with Crippen LogP contribution in [0.15, 0.2) is 4.99 Å². The van der Waals surface area contributed by atoms with E-state index < -0.39 is 33.7 Å². The van der Waals surface area contributed by atoms with Crippen LogP contribution in [0.25, 0.3) is 0 Å². The zero-order chi connectivity index (χ0) is 22.3. The third-order valence-electron chi connectivity index (χ3n) is 5.65. The Morgan fingerprint density at radius 3 is 2.50 bits per heavy atom. The molecule has 0 aromatic carbocycles. The Morgan fingerprint density at radius 2 is 1.87 bits per heavy atom. The Labute approximate surface area is 177 Å². The van der Waals surface area contributed by atoms with Gasteiger partial charge in [0.05, 0.1) is 23.8 Å². The van der Waals surface area contributed by atoms with Crippen molar-refractivity contribution in [2.75, 3.05) is 0 Å². The van der Waals surface area contributed by atoms with Crippen molar-refractivity contribution in [1.29, 1.82) is 0 Å². The lowest BCUT2D eigenvalue weighted by Gasteiger charge is -2.32. The fourth-order valence-electron chi connectivity index (χ4n) is 4.21. The number of aliphatic carboxylic acids is 1. The smallest absolute Gasteiger partial charge is 0.305 e. The molecule has 0 radical (unpaired) electrons. The molecule has 0 saturated heterocycles. The fourth-order valence-corrected chi connectivity index (χ4v) is 5.91. The summed E-state index contributed by atoms with van der Waals surface area (Å²) in [6.07, 6.45) is 9.79. The van der Waals surface area contributed by atoms with Crippen LogP contribution in [0.5, 0.6) is 0 Å². The second-order valence-electron chi connectivity index (χ2n) is 8.05. The van der Waals surface area contributed by atoms with Gasteiger partial charge in [0.1, 0.15) is 0 Å². The topological polar surface area (TPSA) is 177 Å². The number of terminal acetylenes is 1. The Kier molecular flexibility index (Phi) is 8.49. The molecule has 30 heavy (non-hydrogen) atoms. The summed E-state index contributed by atoms with van der Waals surface area (Å²) in [5, 5.41) is 11.1. The van der Waals surface area contributed by atoms with E-state index in [9.17, 15) is 18.0 Å². The van der Waals surface area contributed by atoms with Crippen LogP contribution in [0.4, 0.5) is 0 Å². The highest BCUT2D eigenvalue weighted by Gasteiger charge is 2.35. The van der Waals surface area contributed by atoms with Gasteiger partial charge in [0.15, 0.2) is 5.96 Å². The monoisotopic (exact) mass is 441 g/mol. The highest BCUT2D eigenvalue weighted by atomic mass is 32.2. The molecular weight excluding hydrogens is 410 g/mol. The van der Waals surface area contributed by atoms with Gasteiger partial charge >= 0.3 is 5.97 Å². The molecular formula is C19H31N5O5S. The Morgan fingerprint density at radius 1 is 1.17 bits per heavy atom. The molecule has 7 N–H and O–H groups in total. The van der Waals surface area contributed by atoms with Crippen LogP contribution >= 0.6 is 0 Å². The molecule has 11 heteroatoms. The molecule has 0 aromatic rings. The average Bonchev–Trinajstić information content (AvgIpc) is 2.66. The summed E-state index contributed by atoms with van der Waals surface area (Å²) in [7, 11) is -3.81. The highest BCUT2D eigenvalue weighted by molar-refractivity contribution is 7.90. The molecule has 5 atom stereocenters. The summed E-state index contributed by atoms with van der Waals surface area (Å²) < 4.78 is 27.6. The number of hydrogen-bond acceptors (Lipinski definition) is 5. The third-order valence-corrected chi connectivity index (χ3v) is 7.57. The Hall–Kier alpha value is -2.32. The Bertz CT molecular complexity index is 803. The largest absolute Gasteiger partial charge is 0.481 e. The van der Waals surface area contributed by atoms with Crippen molar-refractivity contribution in [3.05, 3.63) is 0 Å². The van der Waals surface area contributed by atoms with Gasteiger partial charge < -0.3 is 21.9 Å². The van der Waals surface area contributed by atoms with Gasteiger partial charge in [0.25, 0.3) is 0 Å². The minimum absolute atomic E-state index is 0.0158. The predicted molar refractivity (Wildman–Crippen MR) is 113 cm³/mol. The van der Waals surface area contributed by atoms with Crippen molar-refractivity contribution in [3.8, 4) is 12.3 Å². The molecule has 168 valence electrons. The van der Waals surface area contributed by atoms with E-state index in [1.165, 1.54) is 0 Å². The number of carbonyl (C=O) groups is 2. The van der Waals surface area contributed by atoms with E-state index in [0.29, 0.717) is 25.7 Å². The number of nitrogens with one attached hydrogen (secondary N) is 2. The number of aliphatic imine (C=N–C) groups is 1. The van der Waals surface area contributed by atoms with Crippen molar-refractivity contribution < 1.29 is 23.1 Å². The molecule has 0 aliphatic heterocycles. The molecule has 2 saturated carbocycles. The lowest BCUT2D eigenvalue weighted by atomic mass is 9.84. The lowest BCUT2D eigenvalue weighted by Crippen LogP contribution is -2.48. The minimum atomic E-state index is -3.81. The van der Waals surface area contributed by atoms with E-state index in [4.69, 9.17) is 23.0 Å². The SMILES string of the molecule is C#CC(CC(=O)O)NS(=O)(=O)C1CCCC(NC(=O)C2CCCC(N=C(N)N)C2)C1. The molecule has 0 spiro atoms. The van der Waals surface area contributed by atoms with Gasteiger partial charge in [-0.2, -0.15) is 4.72 Å². The molecule has 0 aromatic heterocycles. The van der Waals surface area contributed by atoms with Crippen LogP contribution in [-0.2, 0) is 19.6 Å². The van der Waals surface area contributed by atoms with Gasteiger partial charge in [0, 0.05) is 12.0 Å². The second-order valence-corrected chi connectivity index (χ2v) is 10.0. The minimum Gasteiger partial charge on any atom is -0.481 e. The first-order valence-corrected chi connectivity index (χ1v) is 11.7. The summed E-state index contributed by atoms with van der Waals surface area (Å²) in [6.45, 7) is 0. The number of hydrogen-bond donors (Lipinski definition) is 5. The van der Waals surface area contributed by atoms with E-state index in [-0.39, 0.29) is 36.3 Å². The number of carbonyl (C=O) groups excluding carboxylic acids is 1. The van der Waals surface area contributed by atoms with E-state index in [0.717, 1.165) is 19.3 Å². The summed E-state index contributed by atoms with van der Waals surface area (Å²) >= 11 is 0. The molecule has 0 bridgehead atoms. The summed E-state index contributed by atoms with van der Waals surface area (Å²) in [4.78, 5) is 27.7. The number of nitrogens with two attached hydrogens (primary N) is 2. The maximum Gasteiger partial charge on any atom is 0.305 e. The molecule has 0 heterocycles. The number of sulfonamides is 1. The standard InChI is InChI=1S/C19H31N5O5S/c1-2-13(11-17(25)26)24-30(28,29)16-8-4-7-15(10-16)22-18(27)12-5-3-6-14(9-12)23-19(20)21/h1,12-16,24H,3-11H2,(H,22,27)(H,25,26)(H4,20,21,23). The van der Waals surface area contributed by atoms with Gasteiger partial charge in [0.2, 0.25) is 15.9 Å². The van der Waals surface area contributed by atoms with Crippen molar-refractivity contribution in [1.82, 2.24) is 10.0 Å². The Balaban J connectivity index is 1.94. The van der Waals surface area contributed by atoms with Gasteiger partial charge in [-0.05, 0) is 38.5 Å². The normalized spacial score (nSPS) is 28.0. The number of rotatable bonds is 8. The van der Waals surface area contributed by atoms with Gasteiger partial charge in [-0.1, -0.05) is 18.8 Å². The van der Waals surface area contributed by atoms with Crippen LogP contribution in [0.2, 0.25) is 0 Å². The zero-order valence-electron chi connectivity index (χ0n) is 16.9. The number of guanidine groups is 1. The molecule has 5 unspecified atom stereocenters. The van der Waals surface area contributed by atoms with Crippen molar-refractivity contribution in [3.63, 3.8) is 0 Å². The predicted octanol–water partition coefficient (Wildman–Crippen LogP) is -0.358. The van der Waals surface area contributed by atoms with E-state index in [1.807, 2.05) is 0 Å². The maximum absolute atomic E-state index is 12.7. The highest BCUT2D eigenvalue weighted by Crippen LogP contribution is 2.28. The first-order chi connectivity index (χ1) is 14.1. The van der Waals surface area contributed by atoms with E-state index in [1.54, 1.807) is 0 Å². The molecule has 2 rings (SSSR count). The molecule has 1 amide bonds. The first kappa shape index (κ1) is 24.0. The number of amides is 1. The number of carboxylic acids is 1. The lowest BCUT2D eigenvalue weighted by molar-refractivity contribution is -0.137. The molecule has 2 aliphatic carbocycles. The van der Waals surface area contributed by atoms with Crippen LogP contribution in [0.1, 0.15) is 57.8 Å². The van der Waals surface area contributed by atoms with E-state index >= 15 is 0 Å². The first-order valence-electron chi connectivity index (χ1n) is 10.2. The van der Waals surface area contributed by atoms with Gasteiger partial charge in [-0.25, -0.2) is 8.42 Å². The third kappa shape index (κ3) is 7.18. The van der Waals surface area contributed by atoms with E-state index in [2.05, 4.69) is 21.0 Å². The number of nitrogens with zero attached hydrogens (tertiary/aromatic N) is 1. The maximum atomic E-state index is 12.7. The van der Waals surface area contributed by atoms with Crippen LogP contribution in [0, 0.1) is 18.3 Å². The van der Waals surface area contributed by atoms with Gasteiger partial charge in [-0.3, -0.25) is 14.6 Å². The van der Waals surface area contributed by atoms with Crippen LogP contribution < -0.4 is 21.5 Å². The molecule has 2 aliphatic rings. The quantitative estimate of drug-likeness (QED) is 0.194. The second kappa shape index (κ2) is 10.6.